The topological polar surface area (TPSA) is 12.0 Å². The third kappa shape index (κ3) is 5.41. The molecule has 0 amide bonds. The van der Waals surface area contributed by atoms with E-state index in [0.717, 1.165) is 13.0 Å². The van der Waals surface area contributed by atoms with E-state index in [1.165, 1.54) is 12.0 Å². The van der Waals surface area contributed by atoms with Gasteiger partial charge >= 0.3 is 0 Å². The van der Waals surface area contributed by atoms with Crippen molar-refractivity contribution in [1.29, 1.82) is 0 Å². The van der Waals surface area contributed by atoms with Gasteiger partial charge in [-0.1, -0.05) is 19.4 Å². The summed E-state index contributed by atoms with van der Waals surface area (Å²) < 4.78 is 0. The van der Waals surface area contributed by atoms with E-state index >= 15 is 0 Å². The Labute approximate surface area is 58.2 Å². The highest BCUT2D eigenvalue weighted by Gasteiger charge is 1.80. The summed E-state index contributed by atoms with van der Waals surface area (Å²) in [4.78, 5) is 0. The van der Waals surface area contributed by atoms with Crippen molar-refractivity contribution in [3.8, 4) is 0 Å². The van der Waals surface area contributed by atoms with Gasteiger partial charge in [0, 0.05) is 6.54 Å². The van der Waals surface area contributed by atoms with E-state index < -0.39 is 0 Å². The lowest BCUT2D eigenvalue weighted by molar-refractivity contribution is 0.799. The van der Waals surface area contributed by atoms with Gasteiger partial charge in [0.2, 0.25) is 0 Å². The van der Waals surface area contributed by atoms with Gasteiger partial charge < -0.3 is 5.32 Å². The molecule has 0 fully saturated rings. The van der Waals surface area contributed by atoms with Crippen LogP contribution in [0.1, 0.15) is 33.6 Å². The highest BCUT2D eigenvalue weighted by atomic mass is 14.8. The molecule has 0 aromatic heterocycles. The third-order valence-corrected chi connectivity index (χ3v) is 1.30. The maximum absolute atomic E-state index is 3.22. The minimum absolute atomic E-state index is 1.09. The van der Waals surface area contributed by atoms with Crippen LogP contribution in [0, 0.1) is 0 Å². The monoisotopic (exact) mass is 127 g/mol. The van der Waals surface area contributed by atoms with E-state index in [-0.39, 0.29) is 0 Å². The summed E-state index contributed by atoms with van der Waals surface area (Å²) in [6.07, 6.45) is 4.45. The molecule has 0 atom stereocenters. The van der Waals surface area contributed by atoms with Crippen molar-refractivity contribution in [2.45, 2.75) is 33.6 Å². The van der Waals surface area contributed by atoms with Crippen molar-refractivity contribution in [3.05, 3.63) is 11.8 Å². The summed E-state index contributed by atoms with van der Waals surface area (Å²) >= 11 is 0. The smallest absolute Gasteiger partial charge is 0.0138 e. The van der Waals surface area contributed by atoms with Crippen molar-refractivity contribution < 1.29 is 0 Å². The van der Waals surface area contributed by atoms with Crippen LogP contribution in [0.2, 0.25) is 0 Å². The predicted octanol–water partition coefficient (Wildman–Crippen LogP) is 2.30. The van der Waals surface area contributed by atoms with Gasteiger partial charge in [0.15, 0.2) is 0 Å². The molecule has 0 aliphatic rings. The molecule has 0 rings (SSSR count). The molecular weight excluding hydrogens is 110 g/mol. The van der Waals surface area contributed by atoms with Gasteiger partial charge in [0.25, 0.3) is 0 Å². The van der Waals surface area contributed by atoms with Crippen molar-refractivity contribution in [2.24, 2.45) is 0 Å². The first-order valence-electron chi connectivity index (χ1n) is 3.70. The Bertz CT molecular complexity index is 84.6. The van der Waals surface area contributed by atoms with E-state index in [4.69, 9.17) is 0 Å². The maximum Gasteiger partial charge on any atom is 0.0138 e. The molecule has 1 nitrogen and oxygen atoms in total. The molecule has 0 aliphatic carbocycles. The molecule has 9 heavy (non-hydrogen) atoms. The first kappa shape index (κ1) is 8.54. The Hall–Kier alpha value is -0.460. The van der Waals surface area contributed by atoms with E-state index in [9.17, 15) is 0 Å². The van der Waals surface area contributed by atoms with E-state index in [0.29, 0.717) is 0 Å². The summed E-state index contributed by atoms with van der Waals surface area (Å²) in [6, 6.07) is 0. The minimum Gasteiger partial charge on any atom is -0.391 e. The lowest BCUT2D eigenvalue weighted by atomic mass is 10.2. The molecule has 0 aromatic rings. The molecular formula is C8H17N. The van der Waals surface area contributed by atoms with Crippen LogP contribution in [0.25, 0.3) is 0 Å². The van der Waals surface area contributed by atoms with E-state index in [1.54, 1.807) is 0 Å². The number of allylic oxidation sites excluding steroid dienone is 1. The number of rotatable bonds is 4. The Morgan fingerprint density at radius 2 is 2.11 bits per heavy atom. The second-order valence-corrected chi connectivity index (χ2v) is 2.30. The number of hydrogen-bond acceptors (Lipinski definition) is 1. The molecule has 0 bridgehead atoms. The van der Waals surface area contributed by atoms with Crippen LogP contribution in [0.4, 0.5) is 0 Å². The molecule has 54 valence electrons. The van der Waals surface area contributed by atoms with Gasteiger partial charge in [-0.05, 0) is 26.0 Å². The lowest BCUT2D eigenvalue weighted by Crippen LogP contribution is -2.05. The van der Waals surface area contributed by atoms with Crippen LogP contribution in [0.3, 0.4) is 0 Å². The summed E-state index contributed by atoms with van der Waals surface area (Å²) in [5.41, 5.74) is 1.42. The molecule has 0 aromatic carbocycles. The van der Waals surface area contributed by atoms with Crippen molar-refractivity contribution >= 4 is 0 Å². The lowest BCUT2D eigenvalue weighted by Gasteiger charge is -1.97. The Morgan fingerprint density at radius 1 is 1.44 bits per heavy atom. The maximum atomic E-state index is 3.22. The van der Waals surface area contributed by atoms with Crippen molar-refractivity contribution in [3.63, 3.8) is 0 Å². The zero-order chi connectivity index (χ0) is 7.11. The van der Waals surface area contributed by atoms with Crippen LogP contribution in [-0.2, 0) is 0 Å². The fourth-order valence-corrected chi connectivity index (χ4v) is 0.493. The highest BCUT2D eigenvalue weighted by molar-refractivity contribution is 4.94. The quantitative estimate of drug-likeness (QED) is 0.571. The van der Waals surface area contributed by atoms with Gasteiger partial charge in [-0.15, -0.1) is 0 Å². The van der Waals surface area contributed by atoms with Gasteiger partial charge in [-0.3, -0.25) is 0 Å². The average molecular weight is 127 g/mol. The Kier molecular flexibility index (Phi) is 5.38. The highest BCUT2D eigenvalue weighted by Crippen LogP contribution is 1.93. The molecule has 0 saturated carbocycles. The molecule has 0 spiro atoms. The molecule has 0 heterocycles. The summed E-state index contributed by atoms with van der Waals surface area (Å²) in [6.45, 7) is 7.57. The number of hydrogen-bond donors (Lipinski definition) is 1. The Morgan fingerprint density at radius 3 is 2.56 bits per heavy atom. The average Bonchev–Trinajstić information content (AvgIpc) is 1.89. The van der Waals surface area contributed by atoms with Gasteiger partial charge in [-0.2, -0.15) is 0 Å². The molecule has 0 aliphatic heterocycles. The minimum atomic E-state index is 1.09. The van der Waals surface area contributed by atoms with Crippen LogP contribution in [-0.4, -0.2) is 6.54 Å². The summed E-state index contributed by atoms with van der Waals surface area (Å²) in [5, 5.41) is 3.22. The van der Waals surface area contributed by atoms with Crippen LogP contribution in [0.15, 0.2) is 11.8 Å². The van der Waals surface area contributed by atoms with Crippen molar-refractivity contribution in [1.82, 2.24) is 5.32 Å². The van der Waals surface area contributed by atoms with Gasteiger partial charge in [0.05, 0.1) is 0 Å². The largest absolute Gasteiger partial charge is 0.391 e. The third-order valence-electron chi connectivity index (χ3n) is 1.30. The van der Waals surface area contributed by atoms with E-state index in [1.807, 2.05) is 0 Å². The summed E-state index contributed by atoms with van der Waals surface area (Å²) in [5.74, 6) is 0. The van der Waals surface area contributed by atoms with Crippen LogP contribution < -0.4 is 5.32 Å². The first-order valence-corrected chi connectivity index (χ1v) is 3.70. The predicted molar refractivity (Wildman–Crippen MR) is 42.3 cm³/mol. The zero-order valence-electron chi connectivity index (χ0n) is 6.70. The normalized spacial score (nSPS) is 11.7. The molecule has 0 radical (unpaired) electrons. The van der Waals surface area contributed by atoms with Crippen LogP contribution in [0.5, 0.6) is 0 Å². The zero-order valence-corrected chi connectivity index (χ0v) is 6.70. The second kappa shape index (κ2) is 5.67. The van der Waals surface area contributed by atoms with Gasteiger partial charge in [0.1, 0.15) is 0 Å². The molecule has 0 unspecified atom stereocenters. The SMILES string of the molecule is CCCNC=C(C)CC. The fourth-order valence-electron chi connectivity index (χ4n) is 0.493. The summed E-state index contributed by atoms with van der Waals surface area (Å²) in [7, 11) is 0. The molecule has 1 N–H and O–H groups in total. The molecule has 1 heteroatoms. The van der Waals surface area contributed by atoms with E-state index in [2.05, 4.69) is 32.3 Å². The van der Waals surface area contributed by atoms with Crippen LogP contribution >= 0.6 is 0 Å². The Balaban J connectivity index is 3.21. The molecule has 0 saturated heterocycles. The fraction of sp³-hybridized carbons (Fsp3) is 0.750. The first-order chi connectivity index (χ1) is 4.31. The van der Waals surface area contributed by atoms with Gasteiger partial charge in [-0.25, -0.2) is 0 Å². The second-order valence-electron chi connectivity index (χ2n) is 2.30. The standard InChI is InChI=1S/C8H17N/c1-4-6-9-7-8(3)5-2/h7,9H,4-6H2,1-3H3. The number of nitrogens with one attached hydrogen (secondary N) is 1. The van der Waals surface area contributed by atoms with Crippen molar-refractivity contribution in [2.75, 3.05) is 6.54 Å².